The molecule has 4 rings (SSSR count). The Morgan fingerprint density at radius 3 is 1.94 bits per heavy atom. The SMILES string of the molecule is Cc1ccccc1-c1cc(N2CC[N+](C)(COP(C)(=O)OC(C)(C)C)CC2)ncc1N(C)C(=O)C(C)(C)c1cc(C(F)(F)F)cc(C(F)(F)F)c1. The number of quaternary nitrogens is 1. The third-order valence-corrected chi connectivity index (χ3v) is 10.5. The fraction of sp³-hybridized carbons (Fsp3) is 0.500. The van der Waals surface area contributed by atoms with Crippen LogP contribution in [0.5, 0.6) is 0 Å². The molecule has 1 aliphatic rings. The molecule has 0 N–H and O–H groups in total. The van der Waals surface area contributed by atoms with Crippen LogP contribution in [0.15, 0.2) is 54.7 Å². The molecule has 0 aliphatic carbocycles. The third kappa shape index (κ3) is 9.71. The highest BCUT2D eigenvalue weighted by molar-refractivity contribution is 7.53. The number of hydrogen-bond acceptors (Lipinski definition) is 6. The number of piperazine rings is 1. The fourth-order valence-corrected chi connectivity index (χ4v) is 7.55. The van der Waals surface area contributed by atoms with Gasteiger partial charge in [0.25, 0.3) is 0 Å². The highest BCUT2D eigenvalue weighted by atomic mass is 31.2. The van der Waals surface area contributed by atoms with Gasteiger partial charge in [-0.2, -0.15) is 26.3 Å². The molecule has 1 aliphatic heterocycles. The van der Waals surface area contributed by atoms with Crippen LogP contribution in [-0.2, 0) is 36.2 Å². The number of aryl methyl sites for hydroxylation is 1. The van der Waals surface area contributed by atoms with E-state index >= 15 is 0 Å². The molecule has 1 atom stereocenters. The van der Waals surface area contributed by atoms with Gasteiger partial charge in [0.05, 0.1) is 67.3 Å². The van der Waals surface area contributed by atoms with Gasteiger partial charge in [0, 0.05) is 19.3 Å². The van der Waals surface area contributed by atoms with Crippen molar-refractivity contribution < 1.29 is 49.2 Å². The van der Waals surface area contributed by atoms with Crippen molar-refractivity contribution >= 4 is 25.0 Å². The second-order valence-electron chi connectivity index (χ2n) is 14.9. The molecule has 51 heavy (non-hydrogen) atoms. The lowest BCUT2D eigenvalue weighted by molar-refractivity contribution is -0.925. The number of halogens is 6. The summed E-state index contributed by atoms with van der Waals surface area (Å²) in [5, 5.41) is 0. The summed E-state index contributed by atoms with van der Waals surface area (Å²) in [5.74, 6) is -0.108. The summed E-state index contributed by atoms with van der Waals surface area (Å²) in [7, 11) is 0.148. The summed E-state index contributed by atoms with van der Waals surface area (Å²) in [6.07, 6.45) is -8.62. The van der Waals surface area contributed by atoms with E-state index in [1.807, 2.05) is 65.1 Å². The van der Waals surface area contributed by atoms with E-state index in [1.165, 1.54) is 38.7 Å². The zero-order valence-electron chi connectivity index (χ0n) is 30.4. The van der Waals surface area contributed by atoms with Crippen LogP contribution >= 0.6 is 7.60 Å². The quantitative estimate of drug-likeness (QED) is 0.124. The van der Waals surface area contributed by atoms with E-state index in [1.54, 1.807) is 0 Å². The van der Waals surface area contributed by atoms with Gasteiger partial charge in [-0.25, -0.2) is 4.98 Å². The maximum atomic E-state index is 14.1. The fourth-order valence-electron chi connectivity index (χ4n) is 6.01. The van der Waals surface area contributed by atoms with Gasteiger partial charge >= 0.3 is 19.9 Å². The first-order valence-electron chi connectivity index (χ1n) is 16.4. The minimum atomic E-state index is -5.06. The highest BCUT2D eigenvalue weighted by Crippen LogP contribution is 2.48. The zero-order valence-corrected chi connectivity index (χ0v) is 31.3. The summed E-state index contributed by atoms with van der Waals surface area (Å²) in [6.45, 7) is 14.0. The van der Waals surface area contributed by atoms with Crippen LogP contribution in [0.4, 0.5) is 37.8 Å². The van der Waals surface area contributed by atoms with Gasteiger partial charge < -0.3 is 18.8 Å². The number of carbonyl (C=O) groups excluding carboxylic acids is 1. The molecule has 3 aromatic rings. The predicted molar refractivity (Wildman–Crippen MR) is 186 cm³/mol. The van der Waals surface area contributed by atoms with Crippen LogP contribution in [0.25, 0.3) is 11.1 Å². The second kappa shape index (κ2) is 14.2. The number of benzene rings is 2. The number of likely N-dealkylation sites (N-methyl/N-ethyl adjacent to an activating group) is 2. The largest absolute Gasteiger partial charge is 0.416 e. The maximum Gasteiger partial charge on any atom is 0.416 e. The number of carbonyl (C=O) groups is 1. The van der Waals surface area contributed by atoms with E-state index in [2.05, 4.69) is 9.88 Å². The van der Waals surface area contributed by atoms with Crippen LogP contribution in [-0.4, -0.2) is 74.6 Å². The lowest BCUT2D eigenvalue weighted by Crippen LogP contribution is -2.58. The van der Waals surface area contributed by atoms with E-state index in [-0.39, 0.29) is 12.8 Å². The van der Waals surface area contributed by atoms with Crippen LogP contribution < -0.4 is 9.80 Å². The summed E-state index contributed by atoms with van der Waals surface area (Å²) in [6, 6.07) is 10.5. The lowest BCUT2D eigenvalue weighted by Gasteiger charge is -2.42. The van der Waals surface area contributed by atoms with Crippen molar-refractivity contribution in [2.45, 2.75) is 64.9 Å². The van der Waals surface area contributed by atoms with Crippen molar-refractivity contribution in [1.82, 2.24) is 4.98 Å². The van der Waals surface area contributed by atoms with Crippen LogP contribution in [0.3, 0.4) is 0 Å². The normalized spacial score (nSPS) is 16.9. The van der Waals surface area contributed by atoms with E-state index in [9.17, 15) is 35.7 Å². The van der Waals surface area contributed by atoms with Crippen molar-refractivity contribution in [3.63, 3.8) is 0 Å². The maximum absolute atomic E-state index is 14.1. The molecule has 0 bridgehead atoms. The second-order valence-corrected chi connectivity index (χ2v) is 16.9. The van der Waals surface area contributed by atoms with E-state index in [0.717, 1.165) is 11.1 Å². The Morgan fingerprint density at radius 1 is 0.902 bits per heavy atom. The molecule has 2 aromatic carbocycles. The number of alkyl halides is 6. The standard InChI is InChI=1S/C36H46F6N4O4P/c1-24-12-10-11-13-28(24)29-21-31(45-14-16-46(8,17-15-45)23-49-51(9,48)50-33(2,3)4)43-22-30(29)44(7)32(47)34(5,6)25-18-26(35(37,38)39)20-27(19-25)36(40,41)42/h10-13,18-22H,14-17,23H2,1-9H3/q+1. The van der Waals surface area contributed by atoms with Crippen molar-refractivity contribution in [2.24, 2.45) is 0 Å². The molecule has 0 radical (unpaired) electrons. The van der Waals surface area contributed by atoms with E-state index in [4.69, 9.17) is 9.05 Å². The Bertz CT molecular complexity index is 1770. The Kier molecular flexibility index (Phi) is 11.2. The molecule has 1 fully saturated rings. The molecule has 1 unspecified atom stereocenters. The number of hydrogen-bond donors (Lipinski definition) is 0. The summed E-state index contributed by atoms with van der Waals surface area (Å²) < 4.78 is 107. The third-order valence-electron chi connectivity index (χ3n) is 9.00. The molecular weight excluding hydrogens is 697 g/mol. The number of amides is 1. The molecule has 0 spiro atoms. The van der Waals surface area contributed by atoms with Gasteiger partial charge in [-0.3, -0.25) is 13.9 Å². The number of nitrogens with zero attached hydrogens (tertiary/aromatic N) is 4. The molecule has 2 heterocycles. The molecule has 8 nitrogen and oxygen atoms in total. The van der Waals surface area contributed by atoms with E-state index < -0.39 is 53.6 Å². The number of rotatable bonds is 9. The topological polar surface area (TPSA) is 72.0 Å². The number of aromatic nitrogens is 1. The number of pyridine rings is 1. The molecule has 0 saturated carbocycles. The number of anilines is 2. The van der Waals surface area contributed by atoms with Gasteiger partial charge in [0.1, 0.15) is 5.82 Å². The lowest BCUT2D eigenvalue weighted by atomic mass is 9.81. The first-order chi connectivity index (χ1) is 23.2. The molecule has 1 aromatic heterocycles. The van der Waals surface area contributed by atoms with Crippen LogP contribution in [0, 0.1) is 6.92 Å². The first-order valence-corrected chi connectivity index (χ1v) is 18.4. The Balaban J connectivity index is 1.66. The molecule has 15 heteroatoms. The Labute approximate surface area is 295 Å². The van der Waals surface area contributed by atoms with Crippen molar-refractivity contribution in [3.8, 4) is 11.1 Å². The minimum Gasteiger partial charge on any atom is -0.345 e. The summed E-state index contributed by atoms with van der Waals surface area (Å²) in [4.78, 5) is 22.1. The first kappa shape index (κ1) is 40.3. The van der Waals surface area contributed by atoms with Gasteiger partial charge in [0.15, 0.2) is 6.73 Å². The van der Waals surface area contributed by atoms with Crippen LogP contribution in [0.2, 0.25) is 0 Å². The van der Waals surface area contributed by atoms with Gasteiger partial charge in [0.2, 0.25) is 5.91 Å². The summed E-state index contributed by atoms with van der Waals surface area (Å²) >= 11 is 0. The van der Waals surface area contributed by atoms with Crippen molar-refractivity contribution in [2.75, 3.05) is 63.5 Å². The van der Waals surface area contributed by atoms with Gasteiger partial charge in [-0.1, -0.05) is 24.3 Å². The molecular formula is C36H46F6N4O4P+. The monoisotopic (exact) mass is 743 g/mol. The Morgan fingerprint density at radius 2 is 1.43 bits per heavy atom. The highest BCUT2D eigenvalue weighted by Gasteiger charge is 2.42. The Hall–Kier alpha value is -3.45. The van der Waals surface area contributed by atoms with Gasteiger partial charge in [-0.05, 0) is 82.5 Å². The average molecular weight is 744 g/mol. The van der Waals surface area contributed by atoms with Crippen molar-refractivity contribution in [3.05, 3.63) is 77.0 Å². The molecule has 1 saturated heterocycles. The smallest absolute Gasteiger partial charge is 0.345 e. The molecule has 1 amide bonds. The van der Waals surface area contributed by atoms with E-state index in [0.29, 0.717) is 59.9 Å². The predicted octanol–water partition coefficient (Wildman–Crippen LogP) is 8.91. The van der Waals surface area contributed by atoms with Gasteiger partial charge in [-0.15, -0.1) is 0 Å². The zero-order chi connectivity index (χ0) is 38.4. The van der Waals surface area contributed by atoms with Crippen molar-refractivity contribution in [1.29, 1.82) is 0 Å². The molecule has 280 valence electrons. The summed E-state index contributed by atoms with van der Waals surface area (Å²) in [5.41, 5.74) is -3.24. The minimum absolute atomic E-state index is 0.0471. The average Bonchev–Trinajstić information content (AvgIpc) is 3.01. The van der Waals surface area contributed by atoms with Crippen LogP contribution in [0.1, 0.15) is 56.9 Å².